The highest BCUT2D eigenvalue weighted by Crippen LogP contribution is 2.13. The molecular formula is C8H9ClO. The van der Waals surface area contributed by atoms with Gasteiger partial charge in [-0.15, -0.1) is 0 Å². The Morgan fingerprint density at radius 1 is 1.40 bits per heavy atom. The van der Waals surface area contributed by atoms with Crippen LogP contribution in [0.2, 0.25) is 5.02 Å². The first-order chi connectivity index (χ1) is 4.72. The van der Waals surface area contributed by atoms with Gasteiger partial charge in [-0.2, -0.15) is 0 Å². The molecule has 0 atom stereocenters. The zero-order valence-electron chi connectivity index (χ0n) is 5.76. The Hall–Kier alpha value is -0.530. The van der Waals surface area contributed by atoms with Gasteiger partial charge in [0.05, 0.1) is 6.61 Å². The smallest absolute Gasteiger partial charge is 0.0682 e. The fourth-order valence-electron chi connectivity index (χ4n) is 0.903. The van der Waals surface area contributed by atoms with Crippen molar-refractivity contribution in [1.29, 1.82) is 0 Å². The van der Waals surface area contributed by atoms with E-state index in [9.17, 15) is 0 Å². The van der Waals surface area contributed by atoms with Crippen molar-refractivity contribution in [2.24, 2.45) is 0 Å². The van der Waals surface area contributed by atoms with E-state index >= 15 is 0 Å². The van der Waals surface area contributed by atoms with Crippen LogP contribution in [0.15, 0.2) is 18.2 Å². The normalized spacial score (nSPS) is 9.90. The van der Waals surface area contributed by atoms with E-state index in [4.69, 9.17) is 16.7 Å². The lowest BCUT2D eigenvalue weighted by molar-refractivity contribution is 0.282. The van der Waals surface area contributed by atoms with E-state index in [1.165, 1.54) is 0 Å². The Balaban J connectivity index is 3.06. The molecule has 1 aromatic carbocycles. The first kappa shape index (κ1) is 7.58. The first-order valence-corrected chi connectivity index (χ1v) is 3.47. The van der Waals surface area contributed by atoms with Crippen molar-refractivity contribution >= 4 is 11.6 Å². The van der Waals surface area contributed by atoms with E-state index in [1.54, 1.807) is 6.07 Å². The maximum absolute atomic E-state index is 8.73. The molecule has 0 heterocycles. The molecule has 0 bridgehead atoms. The zero-order valence-corrected chi connectivity index (χ0v) is 6.52. The average Bonchev–Trinajstić information content (AvgIpc) is 1.85. The highest BCUT2D eigenvalue weighted by atomic mass is 35.5. The summed E-state index contributed by atoms with van der Waals surface area (Å²) in [6.07, 6.45) is 0. The lowest BCUT2D eigenvalue weighted by Crippen LogP contribution is -1.83. The zero-order chi connectivity index (χ0) is 7.56. The molecule has 10 heavy (non-hydrogen) atoms. The van der Waals surface area contributed by atoms with Crippen molar-refractivity contribution < 1.29 is 5.11 Å². The predicted octanol–water partition coefficient (Wildman–Crippen LogP) is 2.14. The van der Waals surface area contributed by atoms with Gasteiger partial charge in [0, 0.05) is 5.02 Å². The Morgan fingerprint density at radius 2 is 2.10 bits per heavy atom. The van der Waals surface area contributed by atoms with E-state index in [0.717, 1.165) is 11.1 Å². The third-order valence-corrected chi connectivity index (χ3v) is 1.50. The van der Waals surface area contributed by atoms with Crippen molar-refractivity contribution in [2.45, 2.75) is 13.5 Å². The summed E-state index contributed by atoms with van der Waals surface area (Å²) in [5, 5.41) is 9.41. The van der Waals surface area contributed by atoms with E-state index in [0.29, 0.717) is 5.02 Å². The van der Waals surface area contributed by atoms with Crippen LogP contribution in [0.1, 0.15) is 11.1 Å². The van der Waals surface area contributed by atoms with Crippen molar-refractivity contribution in [3.05, 3.63) is 34.3 Å². The van der Waals surface area contributed by atoms with Gasteiger partial charge < -0.3 is 5.11 Å². The average molecular weight is 157 g/mol. The van der Waals surface area contributed by atoms with Gasteiger partial charge in [0.2, 0.25) is 0 Å². The van der Waals surface area contributed by atoms with Gasteiger partial charge >= 0.3 is 0 Å². The summed E-state index contributed by atoms with van der Waals surface area (Å²) in [5.41, 5.74) is 1.95. The number of aliphatic hydroxyl groups excluding tert-OH is 1. The van der Waals surface area contributed by atoms with Gasteiger partial charge in [0.15, 0.2) is 0 Å². The molecule has 0 aliphatic heterocycles. The van der Waals surface area contributed by atoms with Crippen LogP contribution < -0.4 is 0 Å². The summed E-state index contributed by atoms with van der Waals surface area (Å²) >= 11 is 5.72. The van der Waals surface area contributed by atoms with Gasteiger partial charge in [-0.1, -0.05) is 17.7 Å². The molecule has 1 N–H and O–H groups in total. The number of aliphatic hydroxyl groups is 1. The van der Waals surface area contributed by atoms with Crippen LogP contribution in [0.5, 0.6) is 0 Å². The Bertz CT molecular complexity index is 212. The molecule has 1 aromatic rings. The molecule has 0 aromatic heterocycles. The topological polar surface area (TPSA) is 20.2 Å². The molecule has 1 rings (SSSR count). The number of benzene rings is 1. The number of hydrogen-bond acceptors (Lipinski definition) is 1. The van der Waals surface area contributed by atoms with E-state index < -0.39 is 0 Å². The highest BCUT2D eigenvalue weighted by Gasteiger charge is 1.93. The minimum Gasteiger partial charge on any atom is -0.392 e. The second kappa shape index (κ2) is 3.04. The molecule has 1 nitrogen and oxygen atoms in total. The SMILES string of the molecule is Cc1cc(Cl)cc(CO)c1. The summed E-state index contributed by atoms with van der Waals surface area (Å²) in [4.78, 5) is 0. The summed E-state index contributed by atoms with van der Waals surface area (Å²) < 4.78 is 0. The van der Waals surface area contributed by atoms with Crippen LogP contribution >= 0.6 is 11.6 Å². The van der Waals surface area contributed by atoms with Gasteiger partial charge in [0.1, 0.15) is 0 Å². The Labute approximate surface area is 65.3 Å². The number of hydrogen-bond donors (Lipinski definition) is 1. The van der Waals surface area contributed by atoms with Crippen molar-refractivity contribution in [3.63, 3.8) is 0 Å². The quantitative estimate of drug-likeness (QED) is 0.661. The second-order valence-electron chi connectivity index (χ2n) is 2.29. The van der Waals surface area contributed by atoms with Crippen molar-refractivity contribution in [2.75, 3.05) is 0 Å². The minimum absolute atomic E-state index is 0.0569. The molecule has 0 unspecified atom stereocenters. The molecule has 0 fully saturated rings. The van der Waals surface area contributed by atoms with Crippen LogP contribution in [0.4, 0.5) is 0 Å². The summed E-state index contributed by atoms with van der Waals surface area (Å²) in [5.74, 6) is 0. The maximum Gasteiger partial charge on any atom is 0.0682 e. The van der Waals surface area contributed by atoms with E-state index in [2.05, 4.69) is 0 Å². The largest absolute Gasteiger partial charge is 0.392 e. The van der Waals surface area contributed by atoms with Crippen LogP contribution in [-0.2, 0) is 6.61 Å². The minimum atomic E-state index is 0.0569. The summed E-state index contributed by atoms with van der Waals surface area (Å²) in [6, 6.07) is 5.53. The van der Waals surface area contributed by atoms with Crippen LogP contribution in [0.25, 0.3) is 0 Å². The number of rotatable bonds is 1. The molecule has 0 saturated heterocycles. The molecule has 0 amide bonds. The highest BCUT2D eigenvalue weighted by molar-refractivity contribution is 6.30. The van der Waals surface area contributed by atoms with Crippen LogP contribution in [0, 0.1) is 6.92 Å². The standard InChI is InChI=1S/C8H9ClO/c1-6-2-7(5-10)4-8(9)3-6/h2-4,10H,5H2,1H3. The summed E-state index contributed by atoms with van der Waals surface area (Å²) in [6.45, 7) is 2.01. The Morgan fingerprint density at radius 3 is 2.60 bits per heavy atom. The fourth-order valence-corrected chi connectivity index (χ4v) is 1.22. The summed E-state index contributed by atoms with van der Waals surface area (Å²) in [7, 11) is 0. The van der Waals surface area contributed by atoms with Crippen LogP contribution in [0.3, 0.4) is 0 Å². The monoisotopic (exact) mass is 156 g/mol. The predicted molar refractivity (Wildman–Crippen MR) is 42.1 cm³/mol. The number of halogens is 1. The molecule has 0 saturated carbocycles. The maximum atomic E-state index is 8.73. The Kier molecular flexibility index (Phi) is 2.30. The van der Waals surface area contributed by atoms with Gasteiger partial charge in [-0.25, -0.2) is 0 Å². The fraction of sp³-hybridized carbons (Fsp3) is 0.250. The molecule has 0 spiro atoms. The molecule has 0 radical (unpaired) electrons. The van der Waals surface area contributed by atoms with Crippen LogP contribution in [-0.4, -0.2) is 5.11 Å². The second-order valence-corrected chi connectivity index (χ2v) is 2.73. The first-order valence-electron chi connectivity index (χ1n) is 3.09. The van der Waals surface area contributed by atoms with E-state index in [1.807, 2.05) is 19.1 Å². The molecule has 54 valence electrons. The van der Waals surface area contributed by atoms with Crippen molar-refractivity contribution in [1.82, 2.24) is 0 Å². The molecule has 0 aliphatic rings. The van der Waals surface area contributed by atoms with E-state index in [-0.39, 0.29) is 6.61 Å². The molecule has 0 aliphatic carbocycles. The lowest BCUT2D eigenvalue weighted by Gasteiger charge is -1.98. The third kappa shape index (κ3) is 1.72. The molecule has 2 heteroatoms. The third-order valence-electron chi connectivity index (χ3n) is 1.28. The van der Waals surface area contributed by atoms with Crippen molar-refractivity contribution in [3.8, 4) is 0 Å². The molecular weight excluding hydrogens is 148 g/mol. The van der Waals surface area contributed by atoms with Gasteiger partial charge in [-0.3, -0.25) is 0 Å². The number of aryl methyl sites for hydroxylation is 1. The van der Waals surface area contributed by atoms with Gasteiger partial charge in [-0.05, 0) is 30.2 Å². The lowest BCUT2D eigenvalue weighted by atomic mass is 10.1. The van der Waals surface area contributed by atoms with Gasteiger partial charge in [0.25, 0.3) is 0 Å².